The van der Waals surface area contributed by atoms with Gasteiger partial charge >= 0.3 is 5.97 Å². The van der Waals surface area contributed by atoms with Crippen LogP contribution in [0, 0.1) is 0 Å². The molecule has 1 heterocycles. The van der Waals surface area contributed by atoms with Gasteiger partial charge in [0.15, 0.2) is 0 Å². The minimum atomic E-state index is -0.407. The smallest absolute Gasteiger partial charge is 0.373 e. The first-order valence-corrected chi connectivity index (χ1v) is 7.01. The van der Waals surface area contributed by atoms with Crippen LogP contribution in [0.5, 0.6) is 5.75 Å². The van der Waals surface area contributed by atoms with E-state index in [-0.39, 0.29) is 5.76 Å². The molecule has 0 amide bonds. The van der Waals surface area contributed by atoms with Crippen LogP contribution in [0.15, 0.2) is 60.4 Å². The Morgan fingerprint density at radius 1 is 1.14 bits per heavy atom. The number of benzene rings is 2. The summed E-state index contributed by atoms with van der Waals surface area (Å²) in [5.74, 6) is 0.590. The van der Waals surface area contributed by atoms with Crippen molar-refractivity contribution in [2.75, 3.05) is 6.61 Å². The van der Waals surface area contributed by atoms with Crippen molar-refractivity contribution in [1.29, 1.82) is 0 Å². The van der Waals surface area contributed by atoms with Crippen molar-refractivity contribution < 1.29 is 14.3 Å². The maximum atomic E-state index is 11.7. The van der Waals surface area contributed by atoms with Gasteiger partial charge in [0.2, 0.25) is 5.76 Å². The van der Waals surface area contributed by atoms with Crippen LogP contribution in [-0.2, 0) is 16.0 Å². The molecule has 0 atom stereocenters. The Labute approximate surface area is 123 Å². The van der Waals surface area contributed by atoms with E-state index >= 15 is 0 Å². The quantitative estimate of drug-likeness (QED) is 0.803. The Kier molecular flexibility index (Phi) is 3.73. The highest BCUT2D eigenvalue weighted by Crippen LogP contribution is 2.31. The van der Waals surface area contributed by atoms with Crippen LogP contribution in [0.1, 0.15) is 12.5 Å². The summed E-state index contributed by atoms with van der Waals surface area (Å²) in [6.07, 6.45) is 2.44. The summed E-state index contributed by atoms with van der Waals surface area (Å²) in [5, 5.41) is 0. The zero-order valence-corrected chi connectivity index (χ0v) is 11.8. The molecule has 3 nitrogen and oxygen atoms in total. The van der Waals surface area contributed by atoms with Gasteiger partial charge in [-0.2, -0.15) is 0 Å². The predicted molar refractivity (Wildman–Crippen MR) is 80.9 cm³/mol. The fourth-order valence-electron chi connectivity index (χ4n) is 2.34. The third-order valence-electron chi connectivity index (χ3n) is 3.37. The highest BCUT2D eigenvalue weighted by molar-refractivity contribution is 5.87. The molecule has 0 N–H and O–H groups in total. The van der Waals surface area contributed by atoms with Gasteiger partial charge in [0.05, 0.1) is 6.61 Å². The summed E-state index contributed by atoms with van der Waals surface area (Å²) in [5.41, 5.74) is 3.39. The van der Waals surface area contributed by atoms with Crippen LogP contribution in [0.3, 0.4) is 0 Å². The second-order valence-corrected chi connectivity index (χ2v) is 4.78. The van der Waals surface area contributed by atoms with Gasteiger partial charge in [0, 0.05) is 0 Å². The molecule has 0 saturated carbocycles. The third kappa shape index (κ3) is 2.82. The molecule has 0 spiro atoms. The molecule has 1 aliphatic rings. The number of carbonyl (C=O) groups excluding carboxylic acids is 1. The molecular formula is C18H16O3. The number of hydrogen-bond donors (Lipinski definition) is 0. The van der Waals surface area contributed by atoms with Gasteiger partial charge in [0.25, 0.3) is 0 Å². The molecule has 0 saturated heterocycles. The fourth-order valence-corrected chi connectivity index (χ4v) is 2.34. The predicted octanol–water partition coefficient (Wildman–Crippen LogP) is 3.74. The summed E-state index contributed by atoms with van der Waals surface area (Å²) in [6.45, 7) is 2.13. The Bertz CT molecular complexity index is 687. The van der Waals surface area contributed by atoms with E-state index in [0.29, 0.717) is 13.0 Å². The lowest BCUT2D eigenvalue weighted by Gasteiger charge is -2.18. The van der Waals surface area contributed by atoms with Crippen molar-refractivity contribution in [3.8, 4) is 16.9 Å². The van der Waals surface area contributed by atoms with E-state index in [4.69, 9.17) is 9.47 Å². The van der Waals surface area contributed by atoms with Gasteiger partial charge in [-0.1, -0.05) is 36.4 Å². The average molecular weight is 280 g/mol. The highest BCUT2D eigenvalue weighted by Gasteiger charge is 2.19. The lowest BCUT2D eigenvalue weighted by molar-refractivity contribution is -0.141. The normalized spacial score (nSPS) is 12.9. The van der Waals surface area contributed by atoms with Gasteiger partial charge < -0.3 is 9.47 Å². The van der Waals surface area contributed by atoms with Crippen LogP contribution >= 0.6 is 0 Å². The topological polar surface area (TPSA) is 35.5 Å². The van der Waals surface area contributed by atoms with Gasteiger partial charge in [0.1, 0.15) is 5.75 Å². The van der Waals surface area contributed by atoms with E-state index in [1.807, 2.05) is 30.3 Å². The van der Waals surface area contributed by atoms with Crippen molar-refractivity contribution >= 4 is 5.97 Å². The fraction of sp³-hybridized carbons (Fsp3) is 0.167. The molecule has 1 aliphatic heterocycles. The molecule has 21 heavy (non-hydrogen) atoms. The summed E-state index contributed by atoms with van der Waals surface area (Å²) >= 11 is 0. The first kappa shape index (κ1) is 13.4. The monoisotopic (exact) mass is 280 g/mol. The zero-order valence-electron chi connectivity index (χ0n) is 11.8. The van der Waals surface area contributed by atoms with Crippen LogP contribution < -0.4 is 4.74 Å². The lowest BCUT2D eigenvalue weighted by atomic mass is 10.00. The molecule has 2 aromatic carbocycles. The molecule has 0 aromatic heterocycles. The van der Waals surface area contributed by atoms with E-state index < -0.39 is 5.97 Å². The Hall–Kier alpha value is -2.55. The molecular weight excluding hydrogens is 264 g/mol. The summed E-state index contributed by atoms with van der Waals surface area (Å²) in [6, 6.07) is 16.2. The average Bonchev–Trinajstić information content (AvgIpc) is 2.55. The molecule has 0 bridgehead atoms. The summed E-state index contributed by atoms with van der Waals surface area (Å²) in [7, 11) is 0. The first-order chi connectivity index (χ1) is 10.3. The van der Waals surface area contributed by atoms with Crippen molar-refractivity contribution in [2.45, 2.75) is 13.3 Å². The maximum Gasteiger partial charge on any atom is 0.373 e. The number of esters is 1. The Morgan fingerprint density at radius 3 is 2.71 bits per heavy atom. The van der Waals surface area contributed by atoms with Gasteiger partial charge in [-0.05, 0) is 48.2 Å². The van der Waals surface area contributed by atoms with E-state index in [9.17, 15) is 4.79 Å². The highest BCUT2D eigenvalue weighted by atomic mass is 16.6. The number of hydrogen-bond acceptors (Lipinski definition) is 3. The van der Waals surface area contributed by atoms with Gasteiger partial charge in [-0.25, -0.2) is 4.79 Å². The minimum absolute atomic E-state index is 0.275. The van der Waals surface area contributed by atoms with Crippen molar-refractivity contribution in [3.63, 3.8) is 0 Å². The second kappa shape index (κ2) is 5.83. The molecule has 0 unspecified atom stereocenters. The van der Waals surface area contributed by atoms with Crippen molar-refractivity contribution in [3.05, 3.63) is 65.9 Å². The van der Waals surface area contributed by atoms with E-state index in [1.165, 1.54) is 5.56 Å². The zero-order chi connectivity index (χ0) is 14.7. The van der Waals surface area contributed by atoms with E-state index in [1.54, 1.807) is 13.0 Å². The Balaban J connectivity index is 1.85. The molecule has 0 fully saturated rings. The largest absolute Gasteiger partial charge is 0.460 e. The third-order valence-corrected chi connectivity index (χ3v) is 3.37. The van der Waals surface area contributed by atoms with Crippen LogP contribution in [-0.4, -0.2) is 12.6 Å². The minimum Gasteiger partial charge on any atom is -0.460 e. The van der Waals surface area contributed by atoms with Gasteiger partial charge in [-0.15, -0.1) is 0 Å². The number of fused-ring (bicyclic) bond motifs is 1. The van der Waals surface area contributed by atoms with Crippen LogP contribution in [0.25, 0.3) is 11.1 Å². The SMILES string of the molecule is CCOC(=O)C1=CCc2cc(-c3ccccc3)ccc2O1. The molecule has 0 aliphatic carbocycles. The summed E-state index contributed by atoms with van der Waals surface area (Å²) < 4.78 is 10.6. The Morgan fingerprint density at radius 2 is 1.95 bits per heavy atom. The molecule has 2 aromatic rings. The molecule has 106 valence electrons. The van der Waals surface area contributed by atoms with E-state index in [2.05, 4.69) is 18.2 Å². The first-order valence-electron chi connectivity index (χ1n) is 7.01. The molecule has 3 rings (SSSR count). The standard InChI is InChI=1S/C18H16O3/c1-2-20-18(19)17-11-9-15-12-14(8-10-16(15)21-17)13-6-4-3-5-7-13/h3-8,10-12H,2,9H2,1H3. The molecule has 3 heteroatoms. The number of carbonyl (C=O) groups is 1. The van der Waals surface area contributed by atoms with E-state index in [0.717, 1.165) is 16.9 Å². The lowest BCUT2D eigenvalue weighted by Crippen LogP contribution is -2.16. The van der Waals surface area contributed by atoms with Crippen LogP contribution in [0.4, 0.5) is 0 Å². The van der Waals surface area contributed by atoms with Gasteiger partial charge in [-0.3, -0.25) is 0 Å². The van der Waals surface area contributed by atoms with Crippen molar-refractivity contribution in [1.82, 2.24) is 0 Å². The molecule has 0 radical (unpaired) electrons. The summed E-state index contributed by atoms with van der Waals surface area (Å²) in [4.78, 5) is 11.7. The van der Waals surface area contributed by atoms with Crippen molar-refractivity contribution in [2.24, 2.45) is 0 Å². The van der Waals surface area contributed by atoms with Crippen LogP contribution in [0.2, 0.25) is 0 Å². The maximum absolute atomic E-state index is 11.7. The number of ether oxygens (including phenoxy) is 2. The number of rotatable bonds is 3. The number of allylic oxidation sites excluding steroid dienone is 1. The second-order valence-electron chi connectivity index (χ2n) is 4.78.